The molecule has 38 heavy (non-hydrogen) atoms. The molecule has 1 atom stereocenters. The molecule has 3 rings (SSSR count). The van der Waals surface area contributed by atoms with Crippen LogP contribution in [0.4, 0.5) is 5.69 Å². The van der Waals surface area contributed by atoms with Crippen molar-refractivity contribution >= 4 is 27.5 Å². The fraction of sp³-hybridized carbons (Fsp3) is 0.310. The summed E-state index contributed by atoms with van der Waals surface area (Å²) in [6, 6.07) is 21.4. The van der Waals surface area contributed by atoms with Gasteiger partial charge in [0, 0.05) is 13.1 Å². The number of rotatable bonds is 12. The Bertz CT molecular complexity index is 1310. The predicted octanol–water partition coefficient (Wildman–Crippen LogP) is 4.14. The number of carbonyl (C=O) groups excluding carboxylic acids is 2. The molecule has 3 aromatic rings. The van der Waals surface area contributed by atoms with Gasteiger partial charge in [-0.15, -0.1) is 0 Å². The molecule has 0 aliphatic rings. The lowest BCUT2D eigenvalue weighted by atomic mass is 10.1. The zero-order valence-electron chi connectivity index (χ0n) is 22.3. The highest BCUT2D eigenvalue weighted by atomic mass is 32.2. The molecule has 0 aliphatic carbocycles. The average molecular weight is 538 g/mol. The molecule has 0 saturated heterocycles. The summed E-state index contributed by atoms with van der Waals surface area (Å²) in [5.74, 6) is -0.211. The second-order valence-corrected chi connectivity index (χ2v) is 10.7. The predicted molar refractivity (Wildman–Crippen MR) is 148 cm³/mol. The van der Waals surface area contributed by atoms with E-state index in [4.69, 9.17) is 4.74 Å². The molecule has 8 nitrogen and oxygen atoms in total. The Balaban J connectivity index is 2.04. The highest BCUT2D eigenvalue weighted by Crippen LogP contribution is 2.26. The number of likely N-dealkylation sites (N-methyl/N-ethyl adjacent to an activating group) is 1. The fourth-order valence-corrected chi connectivity index (χ4v) is 5.53. The molecule has 9 heteroatoms. The summed E-state index contributed by atoms with van der Waals surface area (Å²) in [6.45, 7) is 5.72. The minimum Gasteiger partial charge on any atom is -0.497 e. The van der Waals surface area contributed by atoms with Gasteiger partial charge in [-0.3, -0.25) is 13.9 Å². The molecule has 3 aromatic carbocycles. The number of sulfonamides is 1. The monoisotopic (exact) mass is 537 g/mol. The number of aryl methyl sites for hydroxylation is 1. The van der Waals surface area contributed by atoms with Gasteiger partial charge >= 0.3 is 0 Å². The zero-order valence-corrected chi connectivity index (χ0v) is 23.1. The van der Waals surface area contributed by atoms with Gasteiger partial charge in [0.2, 0.25) is 11.8 Å². The number of hydrogen-bond donors (Lipinski definition) is 1. The van der Waals surface area contributed by atoms with E-state index in [1.165, 1.54) is 24.1 Å². The zero-order chi connectivity index (χ0) is 27.7. The van der Waals surface area contributed by atoms with E-state index in [-0.39, 0.29) is 17.3 Å². The van der Waals surface area contributed by atoms with E-state index in [0.717, 1.165) is 15.4 Å². The van der Waals surface area contributed by atoms with Gasteiger partial charge < -0.3 is 15.0 Å². The Kier molecular flexibility index (Phi) is 9.90. The maximum Gasteiger partial charge on any atom is 0.264 e. The standard InChI is InChI=1S/C29H35N3O5S/c1-5-27(29(34)30-6-2)31(20-23-14-12-22(3)13-15-23)28(33)21-32(24-16-18-25(37-4)19-17-24)38(35,36)26-10-8-7-9-11-26/h7-19,27H,5-6,20-21H2,1-4H3,(H,30,34). The summed E-state index contributed by atoms with van der Waals surface area (Å²) in [7, 11) is -2.58. The molecule has 1 unspecified atom stereocenters. The van der Waals surface area contributed by atoms with Gasteiger partial charge in [-0.05, 0) is 62.2 Å². The lowest BCUT2D eigenvalue weighted by Gasteiger charge is -2.33. The van der Waals surface area contributed by atoms with Crippen molar-refractivity contribution in [2.75, 3.05) is 24.5 Å². The summed E-state index contributed by atoms with van der Waals surface area (Å²) < 4.78 is 33.8. The molecule has 0 spiro atoms. The number of nitrogens with zero attached hydrogens (tertiary/aromatic N) is 2. The third-order valence-electron chi connectivity index (χ3n) is 6.18. The topological polar surface area (TPSA) is 96.0 Å². The Morgan fingerprint density at radius 1 is 0.921 bits per heavy atom. The third kappa shape index (κ3) is 6.92. The van der Waals surface area contributed by atoms with Gasteiger partial charge in [-0.25, -0.2) is 8.42 Å². The summed E-state index contributed by atoms with van der Waals surface area (Å²) in [6.07, 6.45) is 0.372. The quantitative estimate of drug-likeness (QED) is 0.375. The van der Waals surface area contributed by atoms with E-state index >= 15 is 0 Å². The van der Waals surface area contributed by atoms with E-state index < -0.39 is 28.5 Å². The fourth-order valence-electron chi connectivity index (χ4n) is 4.10. The molecule has 0 radical (unpaired) electrons. The van der Waals surface area contributed by atoms with Crippen molar-refractivity contribution in [2.24, 2.45) is 0 Å². The molecule has 0 aromatic heterocycles. The second kappa shape index (κ2) is 13.1. The van der Waals surface area contributed by atoms with Gasteiger partial charge in [-0.1, -0.05) is 55.0 Å². The van der Waals surface area contributed by atoms with E-state index in [9.17, 15) is 18.0 Å². The highest BCUT2D eigenvalue weighted by Gasteiger charge is 2.33. The van der Waals surface area contributed by atoms with Crippen LogP contribution in [0.3, 0.4) is 0 Å². The second-order valence-electron chi connectivity index (χ2n) is 8.85. The van der Waals surface area contributed by atoms with Crippen LogP contribution < -0.4 is 14.4 Å². The molecular weight excluding hydrogens is 502 g/mol. The van der Waals surface area contributed by atoms with Crippen molar-refractivity contribution in [2.45, 2.75) is 44.7 Å². The van der Waals surface area contributed by atoms with Gasteiger partial charge in [0.25, 0.3) is 10.0 Å². The number of nitrogens with one attached hydrogen (secondary N) is 1. The molecule has 1 N–H and O–H groups in total. The van der Waals surface area contributed by atoms with Crippen LogP contribution >= 0.6 is 0 Å². The number of amides is 2. The van der Waals surface area contributed by atoms with Gasteiger partial charge in [-0.2, -0.15) is 0 Å². The summed E-state index contributed by atoms with van der Waals surface area (Å²) >= 11 is 0. The molecule has 2 amide bonds. The van der Waals surface area contributed by atoms with Crippen molar-refractivity contribution in [3.8, 4) is 5.75 Å². The van der Waals surface area contributed by atoms with Crippen LogP contribution in [0, 0.1) is 6.92 Å². The Morgan fingerprint density at radius 2 is 1.55 bits per heavy atom. The molecular formula is C29H35N3O5S. The average Bonchev–Trinajstić information content (AvgIpc) is 2.93. The first kappa shape index (κ1) is 28.7. The van der Waals surface area contributed by atoms with Gasteiger partial charge in [0.05, 0.1) is 17.7 Å². The molecule has 0 fully saturated rings. The molecule has 0 saturated carbocycles. The van der Waals surface area contributed by atoms with Crippen molar-refractivity contribution in [1.82, 2.24) is 10.2 Å². The lowest BCUT2D eigenvalue weighted by molar-refractivity contribution is -0.140. The minimum atomic E-state index is -4.10. The number of carbonyl (C=O) groups is 2. The summed E-state index contributed by atoms with van der Waals surface area (Å²) in [5.41, 5.74) is 2.22. The molecule has 0 heterocycles. The van der Waals surface area contributed by atoms with Crippen LogP contribution in [0.25, 0.3) is 0 Å². The first-order valence-electron chi connectivity index (χ1n) is 12.6. The van der Waals surface area contributed by atoms with Crippen LogP contribution in [0.2, 0.25) is 0 Å². The van der Waals surface area contributed by atoms with E-state index in [1.54, 1.807) is 42.5 Å². The van der Waals surface area contributed by atoms with Crippen LogP contribution in [0.5, 0.6) is 5.75 Å². The first-order chi connectivity index (χ1) is 18.2. The van der Waals surface area contributed by atoms with Crippen molar-refractivity contribution in [3.63, 3.8) is 0 Å². The first-order valence-corrected chi connectivity index (χ1v) is 14.0. The van der Waals surface area contributed by atoms with Crippen LogP contribution in [-0.4, -0.2) is 51.4 Å². The molecule has 0 aliphatic heterocycles. The van der Waals surface area contributed by atoms with E-state index in [2.05, 4.69) is 5.32 Å². The summed E-state index contributed by atoms with van der Waals surface area (Å²) in [4.78, 5) is 28.4. The number of anilines is 1. The summed E-state index contributed by atoms with van der Waals surface area (Å²) in [5, 5.41) is 2.80. The third-order valence-corrected chi connectivity index (χ3v) is 7.97. The van der Waals surface area contributed by atoms with Crippen LogP contribution in [-0.2, 0) is 26.2 Å². The van der Waals surface area contributed by atoms with Crippen LogP contribution in [0.1, 0.15) is 31.4 Å². The van der Waals surface area contributed by atoms with Crippen molar-refractivity contribution in [3.05, 3.63) is 90.0 Å². The SMILES string of the molecule is CCNC(=O)C(CC)N(Cc1ccc(C)cc1)C(=O)CN(c1ccc(OC)cc1)S(=O)(=O)c1ccccc1. The van der Waals surface area contributed by atoms with Gasteiger partial charge in [0.15, 0.2) is 0 Å². The Labute approximate surface area is 225 Å². The molecule has 202 valence electrons. The lowest BCUT2D eigenvalue weighted by Crippen LogP contribution is -2.52. The maximum atomic E-state index is 13.9. The normalized spacial score (nSPS) is 11.9. The van der Waals surface area contributed by atoms with Gasteiger partial charge in [0.1, 0.15) is 18.3 Å². The Hall–Kier alpha value is -3.85. The van der Waals surface area contributed by atoms with Crippen molar-refractivity contribution in [1.29, 1.82) is 0 Å². The van der Waals surface area contributed by atoms with E-state index in [1.807, 2.05) is 45.0 Å². The minimum absolute atomic E-state index is 0.0597. The van der Waals surface area contributed by atoms with E-state index in [0.29, 0.717) is 24.4 Å². The smallest absolute Gasteiger partial charge is 0.264 e. The Morgan fingerprint density at radius 3 is 2.11 bits per heavy atom. The highest BCUT2D eigenvalue weighted by molar-refractivity contribution is 7.92. The maximum absolute atomic E-state index is 13.9. The van der Waals surface area contributed by atoms with Crippen molar-refractivity contribution < 1.29 is 22.7 Å². The number of benzene rings is 3. The number of methoxy groups -OCH3 is 1. The van der Waals surface area contributed by atoms with Crippen LogP contribution in [0.15, 0.2) is 83.8 Å². The number of hydrogen-bond acceptors (Lipinski definition) is 5. The molecule has 0 bridgehead atoms. The largest absolute Gasteiger partial charge is 0.497 e. The number of ether oxygens (including phenoxy) is 1.